The minimum atomic E-state index is -0.0538. The second-order valence-electron chi connectivity index (χ2n) is 6.37. The molecule has 3 N–H and O–H groups in total. The minimum absolute atomic E-state index is 0. The molecule has 1 rings (SSSR count). The van der Waals surface area contributed by atoms with E-state index in [2.05, 4.69) is 46.7 Å². The van der Waals surface area contributed by atoms with E-state index < -0.39 is 0 Å². The van der Waals surface area contributed by atoms with Crippen molar-refractivity contribution >= 4 is 35.8 Å². The van der Waals surface area contributed by atoms with Crippen LogP contribution in [0.15, 0.2) is 29.3 Å². The van der Waals surface area contributed by atoms with Gasteiger partial charge in [-0.1, -0.05) is 25.5 Å². The number of carbonyl (C=O) groups excluding carboxylic acids is 1. The first-order valence-electron chi connectivity index (χ1n) is 9.62. The van der Waals surface area contributed by atoms with Gasteiger partial charge in [0.15, 0.2) is 5.96 Å². The molecule has 0 bridgehead atoms. The highest BCUT2D eigenvalue weighted by atomic mass is 127. The molecule has 1 amide bonds. The van der Waals surface area contributed by atoms with Crippen molar-refractivity contribution < 1.29 is 4.79 Å². The summed E-state index contributed by atoms with van der Waals surface area (Å²) in [5.41, 5.74) is 1.83. The van der Waals surface area contributed by atoms with E-state index in [1.54, 1.807) is 7.05 Å². The lowest BCUT2D eigenvalue weighted by molar-refractivity contribution is 0.0963. The maximum atomic E-state index is 11.7. The first kappa shape index (κ1) is 25.6. The van der Waals surface area contributed by atoms with E-state index >= 15 is 0 Å². The molecule has 0 spiro atoms. The fraction of sp³-hybridized carbons (Fsp3) is 0.600. The molecule has 0 fully saturated rings. The van der Waals surface area contributed by atoms with Crippen molar-refractivity contribution in [1.82, 2.24) is 20.9 Å². The van der Waals surface area contributed by atoms with Crippen LogP contribution in [0.5, 0.6) is 0 Å². The van der Waals surface area contributed by atoms with Crippen molar-refractivity contribution in [3.63, 3.8) is 0 Å². The average Bonchev–Trinajstić information content (AvgIpc) is 2.66. The fourth-order valence-electron chi connectivity index (χ4n) is 2.55. The Labute approximate surface area is 181 Å². The molecule has 6 nitrogen and oxygen atoms in total. The van der Waals surface area contributed by atoms with Gasteiger partial charge in [0.05, 0.1) is 6.54 Å². The zero-order valence-electron chi connectivity index (χ0n) is 17.2. The van der Waals surface area contributed by atoms with Gasteiger partial charge in [-0.2, -0.15) is 0 Å². The summed E-state index contributed by atoms with van der Waals surface area (Å²) in [6.45, 7) is 8.75. The number of likely N-dealkylation sites (N-methyl/N-ethyl adjacent to an activating group) is 1. The highest BCUT2D eigenvalue weighted by molar-refractivity contribution is 14.0. The van der Waals surface area contributed by atoms with Gasteiger partial charge >= 0.3 is 0 Å². The van der Waals surface area contributed by atoms with Crippen LogP contribution in [-0.4, -0.2) is 63.6 Å². The molecule has 0 heterocycles. The number of aliphatic imine (C=N–C) groups is 1. The number of rotatable bonds is 11. The predicted molar refractivity (Wildman–Crippen MR) is 125 cm³/mol. The van der Waals surface area contributed by atoms with Crippen molar-refractivity contribution in [2.75, 3.05) is 46.8 Å². The molecule has 0 unspecified atom stereocenters. The summed E-state index contributed by atoms with van der Waals surface area (Å²) in [4.78, 5) is 18.7. The predicted octanol–water partition coefficient (Wildman–Crippen LogP) is 2.49. The number of nitrogens with zero attached hydrogens (tertiary/aromatic N) is 2. The molecule has 0 radical (unpaired) electrons. The zero-order valence-corrected chi connectivity index (χ0v) is 19.5. The quantitative estimate of drug-likeness (QED) is 0.254. The highest BCUT2D eigenvalue weighted by Crippen LogP contribution is 2.05. The van der Waals surface area contributed by atoms with E-state index in [0.717, 1.165) is 50.7 Å². The van der Waals surface area contributed by atoms with Crippen molar-refractivity contribution in [2.24, 2.45) is 4.99 Å². The van der Waals surface area contributed by atoms with E-state index in [4.69, 9.17) is 0 Å². The molecular formula is C20H36IN5O. The third-order valence-corrected chi connectivity index (χ3v) is 4.11. The van der Waals surface area contributed by atoms with Crippen LogP contribution in [0.4, 0.5) is 0 Å². The van der Waals surface area contributed by atoms with Gasteiger partial charge in [-0.05, 0) is 51.1 Å². The van der Waals surface area contributed by atoms with Gasteiger partial charge in [0.1, 0.15) is 0 Å². The Balaban J connectivity index is 0.00000676. The third-order valence-electron chi connectivity index (χ3n) is 4.11. The molecule has 154 valence electrons. The van der Waals surface area contributed by atoms with Crippen LogP contribution in [0.3, 0.4) is 0 Å². The first-order chi connectivity index (χ1) is 12.6. The molecule has 0 aromatic heterocycles. The standard InChI is InChI=1S/C20H35N5O.HI/c1-5-7-14-25(4)15-13-24-20(22-6-2)23-12-11-17-9-8-10-18(16-17)19(26)21-3;/h8-10,16H,5-7,11-15H2,1-4H3,(H,21,26)(H2,22,23,24);1H. The number of amides is 1. The Kier molecular flexibility index (Phi) is 14.9. The van der Waals surface area contributed by atoms with Gasteiger partial charge in [0.25, 0.3) is 5.91 Å². The van der Waals surface area contributed by atoms with Gasteiger partial charge < -0.3 is 20.9 Å². The Morgan fingerprint density at radius 2 is 1.96 bits per heavy atom. The number of benzene rings is 1. The van der Waals surface area contributed by atoms with E-state index in [9.17, 15) is 4.79 Å². The van der Waals surface area contributed by atoms with Crippen LogP contribution in [0.2, 0.25) is 0 Å². The summed E-state index contributed by atoms with van der Waals surface area (Å²) in [6, 6.07) is 7.73. The Bertz CT molecular complexity index is 565. The second kappa shape index (κ2) is 15.7. The molecule has 0 aliphatic rings. The first-order valence-corrected chi connectivity index (χ1v) is 9.62. The largest absolute Gasteiger partial charge is 0.357 e. The third kappa shape index (κ3) is 11.2. The van der Waals surface area contributed by atoms with Gasteiger partial charge in [0.2, 0.25) is 0 Å². The van der Waals surface area contributed by atoms with E-state index in [-0.39, 0.29) is 29.9 Å². The van der Waals surface area contributed by atoms with E-state index in [1.165, 1.54) is 12.8 Å². The summed E-state index contributed by atoms with van der Waals surface area (Å²) < 4.78 is 0. The van der Waals surface area contributed by atoms with Crippen LogP contribution in [0.1, 0.15) is 42.6 Å². The van der Waals surface area contributed by atoms with E-state index in [0.29, 0.717) is 5.56 Å². The van der Waals surface area contributed by atoms with Gasteiger partial charge in [-0.25, -0.2) is 0 Å². The second-order valence-corrected chi connectivity index (χ2v) is 6.37. The smallest absolute Gasteiger partial charge is 0.251 e. The molecule has 27 heavy (non-hydrogen) atoms. The number of carbonyl (C=O) groups is 1. The van der Waals surface area contributed by atoms with Crippen LogP contribution < -0.4 is 16.0 Å². The van der Waals surface area contributed by atoms with Crippen molar-refractivity contribution in [1.29, 1.82) is 0 Å². The number of guanidine groups is 1. The Hall–Kier alpha value is -1.35. The number of unbranched alkanes of at least 4 members (excludes halogenated alkanes) is 1. The lowest BCUT2D eigenvalue weighted by atomic mass is 10.1. The SMILES string of the molecule is CCCCN(C)CCN=C(NCC)NCCc1cccc(C(=O)NC)c1.I. The molecular weight excluding hydrogens is 453 g/mol. The minimum Gasteiger partial charge on any atom is -0.357 e. The number of hydrogen-bond donors (Lipinski definition) is 3. The molecule has 7 heteroatoms. The summed E-state index contributed by atoms with van der Waals surface area (Å²) in [7, 11) is 3.79. The van der Waals surface area contributed by atoms with Crippen LogP contribution in [0, 0.1) is 0 Å². The molecule has 1 aromatic rings. The monoisotopic (exact) mass is 489 g/mol. The molecule has 0 aliphatic heterocycles. The van der Waals surface area contributed by atoms with Gasteiger partial charge in [0, 0.05) is 32.2 Å². The van der Waals surface area contributed by atoms with Gasteiger partial charge in [-0.15, -0.1) is 24.0 Å². The van der Waals surface area contributed by atoms with Crippen molar-refractivity contribution in [3.05, 3.63) is 35.4 Å². The molecule has 1 aromatic carbocycles. The highest BCUT2D eigenvalue weighted by Gasteiger charge is 2.04. The Morgan fingerprint density at radius 1 is 1.19 bits per heavy atom. The normalized spacial score (nSPS) is 11.1. The maximum Gasteiger partial charge on any atom is 0.251 e. The molecule has 0 atom stereocenters. The summed E-state index contributed by atoms with van der Waals surface area (Å²) in [6.07, 6.45) is 3.29. The fourth-order valence-corrected chi connectivity index (χ4v) is 2.55. The maximum absolute atomic E-state index is 11.7. The van der Waals surface area contributed by atoms with Crippen LogP contribution >= 0.6 is 24.0 Å². The molecule has 0 saturated heterocycles. The number of nitrogens with one attached hydrogen (secondary N) is 3. The lowest BCUT2D eigenvalue weighted by Gasteiger charge is -2.16. The van der Waals surface area contributed by atoms with Crippen LogP contribution in [0.25, 0.3) is 0 Å². The summed E-state index contributed by atoms with van der Waals surface area (Å²) in [5, 5.41) is 9.31. The van der Waals surface area contributed by atoms with Crippen LogP contribution in [-0.2, 0) is 6.42 Å². The zero-order chi connectivity index (χ0) is 19.2. The van der Waals surface area contributed by atoms with Gasteiger partial charge in [-0.3, -0.25) is 9.79 Å². The average molecular weight is 489 g/mol. The summed E-state index contributed by atoms with van der Waals surface area (Å²) >= 11 is 0. The number of hydrogen-bond acceptors (Lipinski definition) is 3. The van der Waals surface area contributed by atoms with Crippen molar-refractivity contribution in [3.8, 4) is 0 Å². The topological polar surface area (TPSA) is 68.8 Å². The molecule has 0 aliphatic carbocycles. The number of halogens is 1. The van der Waals surface area contributed by atoms with E-state index in [1.807, 2.05) is 24.3 Å². The summed E-state index contributed by atoms with van der Waals surface area (Å²) in [5.74, 6) is 0.792. The lowest BCUT2D eigenvalue weighted by Crippen LogP contribution is -2.39. The van der Waals surface area contributed by atoms with Crippen molar-refractivity contribution in [2.45, 2.75) is 33.1 Å². The molecule has 0 saturated carbocycles. The Morgan fingerprint density at radius 3 is 2.63 bits per heavy atom.